The molecule has 0 saturated carbocycles. The molecular weight excluding hydrogens is 384 g/mol. The Morgan fingerprint density at radius 3 is 2.57 bits per heavy atom. The van der Waals surface area contributed by atoms with E-state index in [1.807, 2.05) is 13.8 Å². The number of hydrogen-bond donors (Lipinski definition) is 1. The number of amides is 1. The van der Waals surface area contributed by atoms with Gasteiger partial charge in [-0.15, -0.1) is 0 Å². The predicted octanol–water partition coefficient (Wildman–Crippen LogP) is 3.96. The van der Waals surface area contributed by atoms with E-state index in [-0.39, 0.29) is 10.7 Å². The van der Waals surface area contributed by atoms with E-state index in [0.29, 0.717) is 29.7 Å². The molecule has 1 aromatic carbocycles. The van der Waals surface area contributed by atoms with Crippen LogP contribution in [0.3, 0.4) is 0 Å². The number of anilines is 1. The zero-order valence-electron chi connectivity index (χ0n) is 16.2. The SMILES string of the molecule is COc1cc(C(=O)O[C@@H](C)C(=O)Nc2cccnc2Cl)ccc1OCC(C)C. The largest absolute Gasteiger partial charge is 0.493 e. The van der Waals surface area contributed by atoms with Gasteiger partial charge >= 0.3 is 5.97 Å². The maximum Gasteiger partial charge on any atom is 0.339 e. The summed E-state index contributed by atoms with van der Waals surface area (Å²) < 4.78 is 16.2. The van der Waals surface area contributed by atoms with Gasteiger partial charge in [0, 0.05) is 6.20 Å². The fraction of sp³-hybridized carbons (Fsp3) is 0.350. The quantitative estimate of drug-likeness (QED) is 0.527. The van der Waals surface area contributed by atoms with Gasteiger partial charge in [0.25, 0.3) is 5.91 Å². The zero-order chi connectivity index (χ0) is 20.7. The van der Waals surface area contributed by atoms with Crippen LogP contribution < -0.4 is 14.8 Å². The summed E-state index contributed by atoms with van der Waals surface area (Å²) >= 11 is 5.91. The van der Waals surface area contributed by atoms with Gasteiger partial charge in [-0.2, -0.15) is 0 Å². The summed E-state index contributed by atoms with van der Waals surface area (Å²) in [6.45, 7) is 6.05. The molecule has 0 saturated heterocycles. The number of carbonyl (C=O) groups excluding carboxylic acids is 2. The number of methoxy groups -OCH3 is 1. The molecule has 0 bridgehead atoms. The number of nitrogens with one attached hydrogen (secondary N) is 1. The van der Waals surface area contributed by atoms with Crippen molar-refractivity contribution in [1.29, 1.82) is 0 Å². The van der Waals surface area contributed by atoms with Gasteiger partial charge in [-0.05, 0) is 43.2 Å². The Morgan fingerprint density at radius 1 is 1.18 bits per heavy atom. The second-order valence-electron chi connectivity index (χ2n) is 6.45. The average Bonchev–Trinajstić information content (AvgIpc) is 2.67. The van der Waals surface area contributed by atoms with Crippen molar-refractivity contribution in [2.75, 3.05) is 19.0 Å². The van der Waals surface area contributed by atoms with Gasteiger partial charge < -0.3 is 19.5 Å². The number of aromatic nitrogens is 1. The fourth-order valence-corrected chi connectivity index (χ4v) is 2.33. The summed E-state index contributed by atoms with van der Waals surface area (Å²) in [5, 5.41) is 2.72. The maximum absolute atomic E-state index is 12.4. The maximum atomic E-state index is 12.4. The molecule has 1 heterocycles. The lowest BCUT2D eigenvalue weighted by molar-refractivity contribution is -0.123. The van der Waals surface area contributed by atoms with Crippen LogP contribution in [-0.4, -0.2) is 36.7 Å². The van der Waals surface area contributed by atoms with E-state index in [1.165, 1.54) is 26.3 Å². The van der Waals surface area contributed by atoms with Crippen molar-refractivity contribution in [2.24, 2.45) is 5.92 Å². The molecule has 2 aromatic rings. The smallest absolute Gasteiger partial charge is 0.339 e. The van der Waals surface area contributed by atoms with Crippen LogP contribution in [0.1, 0.15) is 31.1 Å². The number of ether oxygens (including phenoxy) is 3. The second-order valence-corrected chi connectivity index (χ2v) is 6.81. The van der Waals surface area contributed by atoms with Gasteiger partial charge in [0.2, 0.25) is 0 Å². The van der Waals surface area contributed by atoms with E-state index in [4.69, 9.17) is 25.8 Å². The topological polar surface area (TPSA) is 86.8 Å². The molecule has 0 fully saturated rings. The first kappa shape index (κ1) is 21.5. The van der Waals surface area contributed by atoms with Crippen LogP contribution >= 0.6 is 11.6 Å². The molecule has 0 aliphatic heterocycles. The molecule has 150 valence electrons. The Kier molecular flexibility index (Phi) is 7.63. The summed E-state index contributed by atoms with van der Waals surface area (Å²) in [7, 11) is 1.49. The lowest BCUT2D eigenvalue weighted by Gasteiger charge is -2.15. The normalized spacial score (nSPS) is 11.6. The molecule has 8 heteroatoms. The van der Waals surface area contributed by atoms with Crippen molar-refractivity contribution >= 4 is 29.2 Å². The summed E-state index contributed by atoms with van der Waals surface area (Å²) in [4.78, 5) is 28.5. The van der Waals surface area contributed by atoms with E-state index >= 15 is 0 Å². The summed E-state index contributed by atoms with van der Waals surface area (Å²) in [6.07, 6.45) is 0.468. The number of carbonyl (C=O) groups is 2. The van der Waals surface area contributed by atoms with E-state index < -0.39 is 18.0 Å². The highest BCUT2D eigenvalue weighted by Crippen LogP contribution is 2.29. The van der Waals surface area contributed by atoms with Crippen LogP contribution in [-0.2, 0) is 9.53 Å². The molecule has 2 rings (SSSR count). The lowest BCUT2D eigenvalue weighted by Crippen LogP contribution is -2.30. The van der Waals surface area contributed by atoms with Crippen LogP contribution in [0.15, 0.2) is 36.5 Å². The van der Waals surface area contributed by atoms with Crippen molar-refractivity contribution in [1.82, 2.24) is 4.98 Å². The molecule has 1 amide bonds. The van der Waals surface area contributed by atoms with Crippen LogP contribution in [0, 0.1) is 5.92 Å². The first-order valence-electron chi connectivity index (χ1n) is 8.75. The van der Waals surface area contributed by atoms with Crippen molar-refractivity contribution in [3.8, 4) is 11.5 Å². The standard InChI is InChI=1S/C20H23ClN2O5/c1-12(2)11-27-16-8-7-14(10-17(16)26-4)20(25)28-13(3)19(24)23-15-6-5-9-22-18(15)21/h5-10,12-13H,11H2,1-4H3,(H,23,24)/t13-/m0/s1. The van der Waals surface area contributed by atoms with E-state index in [0.717, 1.165) is 0 Å². The number of pyridine rings is 1. The fourth-order valence-electron chi connectivity index (χ4n) is 2.17. The molecule has 0 spiro atoms. The molecule has 1 atom stereocenters. The van der Waals surface area contributed by atoms with Crippen LogP contribution in [0.5, 0.6) is 11.5 Å². The molecule has 0 aliphatic rings. The number of halogens is 1. The Hall–Kier alpha value is -2.80. The zero-order valence-corrected chi connectivity index (χ0v) is 16.9. The lowest BCUT2D eigenvalue weighted by atomic mass is 10.2. The highest BCUT2D eigenvalue weighted by atomic mass is 35.5. The number of nitrogens with zero attached hydrogens (tertiary/aromatic N) is 1. The van der Waals surface area contributed by atoms with Crippen LogP contribution in [0.4, 0.5) is 5.69 Å². The number of benzene rings is 1. The van der Waals surface area contributed by atoms with Gasteiger partial charge in [0.15, 0.2) is 22.8 Å². The van der Waals surface area contributed by atoms with Gasteiger partial charge in [0.05, 0.1) is 25.0 Å². The summed E-state index contributed by atoms with van der Waals surface area (Å²) in [5.74, 6) is 0.113. The Morgan fingerprint density at radius 2 is 1.93 bits per heavy atom. The minimum atomic E-state index is -1.04. The highest BCUT2D eigenvalue weighted by Gasteiger charge is 2.21. The van der Waals surface area contributed by atoms with E-state index in [9.17, 15) is 9.59 Å². The van der Waals surface area contributed by atoms with Gasteiger partial charge in [-0.25, -0.2) is 9.78 Å². The van der Waals surface area contributed by atoms with Gasteiger partial charge in [-0.3, -0.25) is 4.79 Å². The van der Waals surface area contributed by atoms with E-state index in [1.54, 1.807) is 24.3 Å². The summed E-state index contributed by atoms with van der Waals surface area (Å²) in [6, 6.07) is 7.94. The van der Waals surface area contributed by atoms with E-state index in [2.05, 4.69) is 10.3 Å². The minimum absolute atomic E-state index is 0.149. The van der Waals surface area contributed by atoms with Crippen molar-refractivity contribution in [2.45, 2.75) is 26.9 Å². The number of hydrogen-bond acceptors (Lipinski definition) is 6. The third-order valence-electron chi connectivity index (χ3n) is 3.64. The van der Waals surface area contributed by atoms with Crippen molar-refractivity contribution < 1.29 is 23.8 Å². The predicted molar refractivity (Wildman–Crippen MR) is 106 cm³/mol. The molecule has 0 radical (unpaired) electrons. The Balaban J connectivity index is 2.03. The van der Waals surface area contributed by atoms with Crippen LogP contribution in [0.2, 0.25) is 5.15 Å². The number of rotatable bonds is 8. The molecule has 7 nitrogen and oxygen atoms in total. The van der Waals surface area contributed by atoms with Crippen molar-refractivity contribution in [3.05, 3.63) is 47.2 Å². The number of esters is 1. The first-order chi connectivity index (χ1) is 13.3. The van der Waals surface area contributed by atoms with Crippen LogP contribution in [0.25, 0.3) is 0 Å². The molecular formula is C20H23ClN2O5. The third-order valence-corrected chi connectivity index (χ3v) is 3.94. The molecule has 0 unspecified atom stereocenters. The average molecular weight is 407 g/mol. The molecule has 1 aromatic heterocycles. The second kappa shape index (κ2) is 9.94. The monoisotopic (exact) mass is 406 g/mol. The Bertz CT molecular complexity index is 841. The Labute approximate surface area is 169 Å². The van der Waals surface area contributed by atoms with Crippen molar-refractivity contribution in [3.63, 3.8) is 0 Å². The highest BCUT2D eigenvalue weighted by molar-refractivity contribution is 6.32. The third kappa shape index (κ3) is 5.85. The first-order valence-corrected chi connectivity index (χ1v) is 9.12. The molecule has 28 heavy (non-hydrogen) atoms. The summed E-state index contributed by atoms with van der Waals surface area (Å²) in [5.41, 5.74) is 0.582. The van der Waals surface area contributed by atoms with Gasteiger partial charge in [0.1, 0.15) is 0 Å². The minimum Gasteiger partial charge on any atom is -0.493 e. The molecule has 1 N–H and O–H groups in total. The molecule has 0 aliphatic carbocycles. The van der Waals surface area contributed by atoms with Gasteiger partial charge in [-0.1, -0.05) is 25.4 Å².